The predicted octanol–water partition coefficient (Wildman–Crippen LogP) is 2.91. The van der Waals surface area contributed by atoms with Gasteiger partial charge in [-0.2, -0.15) is 0 Å². The third-order valence-corrected chi connectivity index (χ3v) is 3.67. The van der Waals surface area contributed by atoms with Crippen molar-refractivity contribution in [3.63, 3.8) is 0 Å². The van der Waals surface area contributed by atoms with E-state index >= 15 is 0 Å². The lowest BCUT2D eigenvalue weighted by atomic mass is 9.82. The Balaban J connectivity index is 2.33. The van der Waals surface area contributed by atoms with Crippen molar-refractivity contribution in [3.8, 4) is 5.75 Å². The Morgan fingerprint density at radius 3 is 2.35 bits per heavy atom. The first kappa shape index (κ1) is 16.8. The number of aromatic amines is 1. The van der Waals surface area contributed by atoms with E-state index in [2.05, 4.69) is 10.3 Å². The molecule has 0 aliphatic heterocycles. The highest BCUT2D eigenvalue weighted by Gasteiger charge is 2.28. The van der Waals surface area contributed by atoms with Crippen LogP contribution in [0.4, 0.5) is 0 Å². The van der Waals surface area contributed by atoms with Crippen molar-refractivity contribution in [2.24, 2.45) is 5.41 Å². The van der Waals surface area contributed by atoms with E-state index in [4.69, 9.17) is 0 Å². The van der Waals surface area contributed by atoms with E-state index in [9.17, 15) is 14.7 Å². The average molecular weight is 314 g/mol. The summed E-state index contributed by atoms with van der Waals surface area (Å²) in [5.41, 5.74) is 1.09. The van der Waals surface area contributed by atoms with E-state index in [-0.39, 0.29) is 28.2 Å². The standard InChI is InChI=1S/C18H22N2O3/c1-11-9-15(22)14(10-19-11)17(23)20-16(18(2,3)4)12-5-7-13(21)8-6-12/h5-10,16,21H,1-4H3,(H,19,22)(H,20,23). The van der Waals surface area contributed by atoms with Crippen molar-refractivity contribution < 1.29 is 9.90 Å². The van der Waals surface area contributed by atoms with Crippen molar-refractivity contribution in [1.29, 1.82) is 0 Å². The molecule has 23 heavy (non-hydrogen) atoms. The zero-order valence-electron chi connectivity index (χ0n) is 13.8. The van der Waals surface area contributed by atoms with E-state index in [1.165, 1.54) is 12.3 Å². The summed E-state index contributed by atoms with van der Waals surface area (Å²) in [6, 6.07) is 7.81. The van der Waals surface area contributed by atoms with Gasteiger partial charge in [0.15, 0.2) is 5.43 Å². The minimum atomic E-state index is -0.417. The van der Waals surface area contributed by atoms with Gasteiger partial charge in [-0.05, 0) is 30.0 Å². The Morgan fingerprint density at radius 2 is 1.83 bits per heavy atom. The molecule has 0 aliphatic rings. The number of aromatic nitrogens is 1. The fraction of sp³-hybridized carbons (Fsp3) is 0.333. The quantitative estimate of drug-likeness (QED) is 0.814. The van der Waals surface area contributed by atoms with Crippen LogP contribution in [0.15, 0.2) is 41.3 Å². The van der Waals surface area contributed by atoms with Crippen LogP contribution in [-0.4, -0.2) is 16.0 Å². The van der Waals surface area contributed by atoms with Crippen LogP contribution in [0.1, 0.15) is 48.4 Å². The van der Waals surface area contributed by atoms with Gasteiger partial charge in [0.05, 0.1) is 6.04 Å². The summed E-state index contributed by atoms with van der Waals surface area (Å²) in [5, 5.41) is 12.4. The lowest BCUT2D eigenvalue weighted by Gasteiger charge is -2.32. The number of H-pyrrole nitrogens is 1. The zero-order chi connectivity index (χ0) is 17.2. The summed E-state index contributed by atoms with van der Waals surface area (Å²) in [6.07, 6.45) is 1.43. The van der Waals surface area contributed by atoms with Crippen LogP contribution in [0.2, 0.25) is 0 Å². The minimum Gasteiger partial charge on any atom is -0.508 e. The molecular weight excluding hydrogens is 292 g/mol. The monoisotopic (exact) mass is 314 g/mol. The van der Waals surface area contributed by atoms with Crippen LogP contribution in [0, 0.1) is 12.3 Å². The highest BCUT2D eigenvalue weighted by Crippen LogP contribution is 2.33. The molecular formula is C18H22N2O3. The lowest BCUT2D eigenvalue weighted by molar-refractivity contribution is 0.0900. The Kier molecular flexibility index (Phi) is 4.59. The van der Waals surface area contributed by atoms with Gasteiger partial charge in [-0.3, -0.25) is 9.59 Å². The predicted molar refractivity (Wildman–Crippen MR) is 89.6 cm³/mol. The summed E-state index contributed by atoms with van der Waals surface area (Å²) < 4.78 is 0. The van der Waals surface area contributed by atoms with Crippen molar-refractivity contribution in [2.45, 2.75) is 33.7 Å². The fourth-order valence-corrected chi connectivity index (χ4v) is 2.43. The van der Waals surface area contributed by atoms with Gasteiger partial charge >= 0.3 is 0 Å². The number of hydrogen-bond donors (Lipinski definition) is 3. The van der Waals surface area contributed by atoms with E-state index in [1.807, 2.05) is 20.8 Å². The van der Waals surface area contributed by atoms with Gasteiger partial charge < -0.3 is 15.4 Å². The number of pyridine rings is 1. The maximum atomic E-state index is 12.5. The smallest absolute Gasteiger partial charge is 0.257 e. The van der Waals surface area contributed by atoms with Crippen LogP contribution in [0.5, 0.6) is 5.75 Å². The molecule has 0 radical (unpaired) electrons. The van der Waals surface area contributed by atoms with Crippen molar-refractivity contribution >= 4 is 5.91 Å². The molecule has 3 N–H and O–H groups in total. The summed E-state index contributed by atoms with van der Waals surface area (Å²) in [5.74, 6) is -0.248. The molecule has 0 saturated heterocycles. The van der Waals surface area contributed by atoms with Gasteiger partial charge in [0, 0.05) is 18.0 Å². The molecule has 1 unspecified atom stereocenters. The Hall–Kier alpha value is -2.56. The first-order valence-electron chi connectivity index (χ1n) is 7.47. The molecule has 5 heteroatoms. The number of amides is 1. The second-order valence-corrected chi connectivity index (χ2v) is 6.76. The topological polar surface area (TPSA) is 82.2 Å². The van der Waals surface area contributed by atoms with Crippen LogP contribution in [0.3, 0.4) is 0 Å². The molecule has 0 spiro atoms. The number of benzene rings is 1. The number of carbonyl (C=O) groups is 1. The third kappa shape index (κ3) is 4.00. The molecule has 1 atom stereocenters. The molecule has 1 aromatic carbocycles. The van der Waals surface area contributed by atoms with Crippen molar-refractivity contribution in [1.82, 2.24) is 10.3 Å². The first-order chi connectivity index (χ1) is 10.7. The van der Waals surface area contributed by atoms with Crippen LogP contribution < -0.4 is 10.7 Å². The van der Waals surface area contributed by atoms with Gasteiger partial charge in [-0.25, -0.2) is 0 Å². The molecule has 122 valence electrons. The highest BCUT2D eigenvalue weighted by atomic mass is 16.3. The Morgan fingerprint density at radius 1 is 1.22 bits per heavy atom. The number of phenols is 1. The van der Waals surface area contributed by atoms with Gasteiger partial charge in [-0.15, -0.1) is 0 Å². The summed E-state index contributed by atoms with van der Waals surface area (Å²) in [6.45, 7) is 7.77. The maximum absolute atomic E-state index is 12.5. The largest absolute Gasteiger partial charge is 0.508 e. The molecule has 0 fully saturated rings. The highest BCUT2D eigenvalue weighted by molar-refractivity contribution is 5.94. The normalized spacial score (nSPS) is 12.7. The number of nitrogens with one attached hydrogen (secondary N) is 2. The van der Waals surface area contributed by atoms with Gasteiger partial charge in [-0.1, -0.05) is 32.9 Å². The molecule has 2 rings (SSSR count). The van der Waals surface area contributed by atoms with Crippen molar-refractivity contribution in [2.75, 3.05) is 0 Å². The van der Waals surface area contributed by atoms with Crippen LogP contribution in [-0.2, 0) is 0 Å². The molecule has 1 aromatic heterocycles. The van der Waals surface area contributed by atoms with Gasteiger partial charge in [0.1, 0.15) is 11.3 Å². The molecule has 0 saturated carbocycles. The molecule has 0 bridgehead atoms. The van der Waals surface area contributed by atoms with Crippen LogP contribution >= 0.6 is 0 Å². The molecule has 1 heterocycles. The van der Waals surface area contributed by atoms with E-state index in [0.29, 0.717) is 5.69 Å². The third-order valence-electron chi connectivity index (χ3n) is 3.67. The number of phenolic OH excluding ortho intramolecular Hbond substituents is 1. The number of carbonyl (C=O) groups excluding carboxylic acids is 1. The Labute approximate surface area is 135 Å². The Bertz CT molecular complexity index is 755. The SMILES string of the molecule is Cc1cc(=O)c(C(=O)NC(c2ccc(O)cc2)C(C)(C)C)c[nH]1. The molecule has 0 aliphatic carbocycles. The van der Waals surface area contributed by atoms with E-state index in [1.54, 1.807) is 31.2 Å². The van der Waals surface area contributed by atoms with Gasteiger partial charge in [0.25, 0.3) is 5.91 Å². The van der Waals surface area contributed by atoms with E-state index < -0.39 is 5.91 Å². The summed E-state index contributed by atoms with van der Waals surface area (Å²) in [4.78, 5) is 27.4. The van der Waals surface area contributed by atoms with Gasteiger partial charge in [0.2, 0.25) is 0 Å². The second kappa shape index (κ2) is 6.28. The number of aromatic hydroxyl groups is 1. The minimum absolute atomic E-state index is 0.0867. The number of rotatable bonds is 3. The maximum Gasteiger partial charge on any atom is 0.257 e. The second-order valence-electron chi connectivity index (χ2n) is 6.76. The summed E-state index contributed by atoms with van der Waals surface area (Å²) >= 11 is 0. The molecule has 2 aromatic rings. The molecule has 1 amide bonds. The number of aryl methyl sites for hydroxylation is 1. The number of hydrogen-bond acceptors (Lipinski definition) is 3. The lowest BCUT2D eigenvalue weighted by Crippen LogP contribution is -2.38. The first-order valence-corrected chi connectivity index (χ1v) is 7.47. The average Bonchev–Trinajstić information content (AvgIpc) is 2.44. The fourth-order valence-electron chi connectivity index (χ4n) is 2.43. The van der Waals surface area contributed by atoms with E-state index in [0.717, 1.165) is 5.56 Å². The molecule has 5 nitrogen and oxygen atoms in total. The zero-order valence-corrected chi connectivity index (χ0v) is 13.8. The van der Waals surface area contributed by atoms with Crippen LogP contribution in [0.25, 0.3) is 0 Å². The summed E-state index contributed by atoms with van der Waals surface area (Å²) in [7, 11) is 0. The van der Waals surface area contributed by atoms with Crippen molar-refractivity contribution in [3.05, 3.63) is 63.6 Å².